The summed E-state index contributed by atoms with van der Waals surface area (Å²) in [5, 5.41) is 12.5. The van der Waals surface area contributed by atoms with Gasteiger partial charge in [0.1, 0.15) is 6.61 Å². The van der Waals surface area contributed by atoms with Gasteiger partial charge < -0.3 is 24.8 Å². The molecule has 8 heteroatoms. The maximum absolute atomic E-state index is 13.0. The highest BCUT2D eigenvalue weighted by atomic mass is 16.5. The fourth-order valence-electron chi connectivity index (χ4n) is 5.10. The molecule has 2 atom stereocenters. The van der Waals surface area contributed by atoms with Crippen molar-refractivity contribution < 1.29 is 29.0 Å². The monoisotopic (exact) mass is 480 g/mol. The van der Waals surface area contributed by atoms with Gasteiger partial charge in [0.15, 0.2) is 5.54 Å². The Bertz CT molecular complexity index is 1050. The van der Waals surface area contributed by atoms with E-state index in [4.69, 9.17) is 9.47 Å². The number of benzene rings is 2. The summed E-state index contributed by atoms with van der Waals surface area (Å²) in [6, 6.07) is 15.8. The zero-order valence-electron chi connectivity index (χ0n) is 20.2. The number of nitrogens with zero attached hydrogens (tertiary/aromatic N) is 1. The van der Waals surface area contributed by atoms with Crippen molar-refractivity contribution in [2.24, 2.45) is 0 Å². The number of carboxylic acids is 1. The van der Waals surface area contributed by atoms with E-state index in [-0.39, 0.29) is 37.9 Å². The van der Waals surface area contributed by atoms with Gasteiger partial charge in [-0.2, -0.15) is 0 Å². The van der Waals surface area contributed by atoms with Crippen molar-refractivity contribution in [3.8, 4) is 11.1 Å². The number of carbonyl (C=O) groups is 3. The number of likely N-dealkylation sites (N-methyl/N-ethyl adjacent to an activating group) is 1. The van der Waals surface area contributed by atoms with Crippen LogP contribution in [0, 0.1) is 0 Å². The molecular formula is C27H32N2O6. The van der Waals surface area contributed by atoms with E-state index in [9.17, 15) is 19.5 Å². The number of rotatable bonds is 9. The summed E-state index contributed by atoms with van der Waals surface area (Å²) in [7, 11) is 1.49. The molecular weight excluding hydrogens is 448 g/mol. The molecule has 1 fully saturated rings. The van der Waals surface area contributed by atoms with Gasteiger partial charge in [-0.3, -0.25) is 4.79 Å². The number of hydrogen-bond donors (Lipinski definition) is 2. The van der Waals surface area contributed by atoms with Crippen molar-refractivity contribution in [3.05, 3.63) is 59.7 Å². The quantitative estimate of drug-likeness (QED) is 0.566. The first kappa shape index (κ1) is 24.7. The van der Waals surface area contributed by atoms with E-state index in [1.54, 1.807) is 0 Å². The van der Waals surface area contributed by atoms with Crippen LogP contribution in [-0.4, -0.2) is 66.4 Å². The summed E-state index contributed by atoms with van der Waals surface area (Å²) >= 11 is 0. The van der Waals surface area contributed by atoms with Gasteiger partial charge in [0.25, 0.3) is 0 Å². The lowest BCUT2D eigenvalue weighted by molar-refractivity contribution is -0.158. The number of fused-ring (bicyclic) bond motifs is 3. The highest BCUT2D eigenvalue weighted by molar-refractivity contribution is 5.88. The molecule has 2 unspecified atom stereocenters. The first-order chi connectivity index (χ1) is 16.9. The summed E-state index contributed by atoms with van der Waals surface area (Å²) in [5.74, 6) is -1.49. The Hall–Kier alpha value is -3.39. The molecule has 1 heterocycles. The Morgan fingerprint density at radius 3 is 2.31 bits per heavy atom. The van der Waals surface area contributed by atoms with Gasteiger partial charge >= 0.3 is 12.1 Å². The van der Waals surface area contributed by atoms with E-state index in [0.29, 0.717) is 13.0 Å². The van der Waals surface area contributed by atoms with E-state index in [0.717, 1.165) is 28.7 Å². The second kappa shape index (κ2) is 10.5. The Kier molecular flexibility index (Phi) is 7.40. The Morgan fingerprint density at radius 1 is 1.14 bits per heavy atom. The van der Waals surface area contributed by atoms with Crippen LogP contribution in [0.3, 0.4) is 0 Å². The second-order valence-electron chi connectivity index (χ2n) is 9.25. The number of carbonyl (C=O) groups excluding carboxylic acids is 2. The van der Waals surface area contributed by atoms with Crippen LogP contribution in [0.5, 0.6) is 0 Å². The standard InChI is InChI=1S/C27H32N2O6/c1-3-8-18(15-24(30)29(2)27(25(31)32)13-14-34-17-27)28-26(33)35-16-23-21-11-6-4-9-19(21)20-10-5-7-12-22(20)23/h4-7,9-12,18,23H,3,8,13-17H2,1-2H3,(H,28,33)(H,31,32). The van der Waals surface area contributed by atoms with Crippen LogP contribution in [-0.2, 0) is 19.1 Å². The van der Waals surface area contributed by atoms with E-state index < -0.39 is 23.6 Å². The average molecular weight is 481 g/mol. The number of nitrogens with one attached hydrogen (secondary N) is 1. The number of ether oxygens (including phenoxy) is 2. The van der Waals surface area contributed by atoms with Crippen LogP contribution in [0.2, 0.25) is 0 Å². The molecule has 1 aliphatic carbocycles. The van der Waals surface area contributed by atoms with Crippen LogP contribution in [0.4, 0.5) is 4.79 Å². The maximum Gasteiger partial charge on any atom is 0.407 e. The van der Waals surface area contributed by atoms with Crippen molar-refractivity contribution in [1.82, 2.24) is 10.2 Å². The fraction of sp³-hybridized carbons (Fsp3) is 0.444. The molecule has 0 spiro atoms. The summed E-state index contributed by atoms with van der Waals surface area (Å²) in [6.07, 6.45) is 0.962. The van der Waals surface area contributed by atoms with Crippen molar-refractivity contribution in [1.29, 1.82) is 0 Å². The lowest BCUT2D eigenvalue weighted by atomic mass is 9.95. The van der Waals surface area contributed by atoms with E-state index >= 15 is 0 Å². The first-order valence-electron chi connectivity index (χ1n) is 12.1. The molecule has 186 valence electrons. The molecule has 2 N–H and O–H groups in total. The molecule has 0 radical (unpaired) electrons. The zero-order valence-corrected chi connectivity index (χ0v) is 20.2. The van der Waals surface area contributed by atoms with Crippen LogP contribution in [0.15, 0.2) is 48.5 Å². The topological polar surface area (TPSA) is 105 Å². The van der Waals surface area contributed by atoms with Crippen LogP contribution >= 0.6 is 0 Å². The van der Waals surface area contributed by atoms with E-state index in [1.165, 1.54) is 11.9 Å². The molecule has 2 aromatic carbocycles. The predicted octanol–water partition coefficient (Wildman–Crippen LogP) is 3.79. The number of hydrogen-bond acceptors (Lipinski definition) is 5. The normalized spacial score (nSPS) is 19.5. The fourth-order valence-corrected chi connectivity index (χ4v) is 5.10. The molecule has 0 aromatic heterocycles. The average Bonchev–Trinajstić information content (AvgIpc) is 3.47. The molecule has 2 amide bonds. The van der Waals surface area contributed by atoms with E-state index in [2.05, 4.69) is 29.6 Å². The van der Waals surface area contributed by atoms with Crippen molar-refractivity contribution in [3.63, 3.8) is 0 Å². The Morgan fingerprint density at radius 2 is 1.77 bits per heavy atom. The van der Waals surface area contributed by atoms with Gasteiger partial charge in [0.2, 0.25) is 5.91 Å². The molecule has 8 nitrogen and oxygen atoms in total. The zero-order chi connectivity index (χ0) is 25.0. The lowest BCUT2D eigenvalue weighted by Crippen LogP contribution is -2.56. The minimum absolute atomic E-state index is 0.0104. The summed E-state index contributed by atoms with van der Waals surface area (Å²) in [6.45, 7) is 2.40. The van der Waals surface area contributed by atoms with Crippen LogP contribution in [0.25, 0.3) is 11.1 Å². The van der Waals surface area contributed by atoms with Crippen molar-refractivity contribution >= 4 is 18.0 Å². The molecule has 1 saturated heterocycles. The van der Waals surface area contributed by atoms with E-state index in [1.807, 2.05) is 31.2 Å². The molecule has 2 aromatic rings. The Balaban J connectivity index is 1.38. The largest absolute Gasteiger partial charge is 0.479 e. The van der Waals surface area contributed by atoms with Crippen molar-refractivity contribution in [2.75, 3.05) is 26.9 Å². The minimum atomic E-state index is -1.36. The van der Waals surface area contributed by atoms with Crippen LogP contribution < -0.4 is 5.32 Å². The highest BCUT2D eigenvalue weighted by Crippen LogP contribution is 2.44. The minimum Gasteiger partial charge on any atom is -0.479 e. The Labute approximate surface area is 205 Å². The lowest BCUT2D eigenvalue weighted by Gasteiger charge is -2.34. The maximum atomic E-state index is 13.0. The summed E-state index contributed by atoms with van der Waals surface area (Å²) in [4.78, 5) is 38.8. The predicted molar refractivity (Wildman–Crippen MR) is 130 cm³/mol. The summed E-state index contributed by atoms with van der Waals surface area (Å²) in [5.41, 5.74) is 3.19. The second-order valence-corrected chi connectivity index (χ2v) is 9.25. The number of amides is 2. The third-order valence-electron chi connectivity index (χ3n) is 7.14. The molecule has 1 aliphatic heterocycles. The summed E-state index contributed by atoms with van der Waals surface area (Å²) < 4.78 is 10.9. The van der Waals surface area contributed by atoms with Gasteiger partial charge in [-0.1, -0.05) is 61.9 Å². The third kappa shape index (κ3) is 4.89. The van der Waals surface area contributed by atoms with Gasteiger partial charge in [-0.25, -0.2) is 9.59 Å². The van der Waals surface area contributed by atoms with Gasteiger partial charge in [0.05, 0.1) is 6.61 Å². The SMILES string of the molecule is CCCC(CC(=O)N(C)C1(C(=O)O)CCOC1)NC(=O)OCC1c2ccccc2-c2ccccc21. The number of alkyl carbamates (subject to hydrolysis) is 1. The molecule has 2 aliphatic rings. The molecule has 0 saturated carbocycles. The van der Waals surface area contributed by atoms with Crippen LogP contribution in [0.1, 0.15) is 49.7 Å². The number of carboxylic acid groups (broad SMARTS) is 1. The number of aliphatic carboxylic acids is 1. The smallest absolute Gasteiger partial charge is 0.407 e. The third-order valence-corrected chi connectivity index (χ3v) is 7.14. The molecule has 0 bridgehead atoms. The van der Waals surface area contributed by atoms with Gasteiger partial charge in [-0.15, -0.1) is 0 Å². The molecule has 35 heavy (non-hydrogen) atoms. The first-order valence-corrected chi connectivity index (χ1v) is 12.1. The van der Waals surface area contributed by atoms with Crippen molar-refractivity contribution in [2.45, 2.75) is 50.1 Å². The van der Waals surface area contributed by atoms with Gasteiger partial charge in [-0.05, 0) is 28.7 Å². The van der Waals surface area contributed by atoms with Gasteiger partial charge in [0, 0.05) is 38.5 Å². The highest BCUT2D eigenvalue weighted by Gasteiger charge is 2.48. The molecule has 4 rings (SSSR count).